The molecule has 2 atom stereocenters. The Kier molecular flexibility index (Phi) is 5.96. The van der Waals surface area contributed by atoms with Crippen LogP contribution >= 0.6 is 23.1 Å². The average Bonchev–Trinajstić information content (AvgIpc) is 3.38. The predicted molar refractivity (Wildman–Crippen MR) is 132 cm³/mol. The minimum absolute atomic E-state index is 0.101. The number of nitrogens with zero attached hydrogens (tertiary/aromatic N) is 5. The van der Waals surface area contributed by atoms with Gasteiger partial charge in [-0.15, -0.1) is 33.3 Å². The van der Waals surface area contributed by atoms with Crippen LogP contribution in [0.15, 0.2) is 29.2 Å². The second-order valence-electron chi connectivity index (χ2n) is 8.54. The third kappa shape index (κ3) is 4.17. The van der Waals surface area contributed by atoms with Crippen LogP contribution in [-0.4, -0.2) is 53.7 Å². The summed E-state index contributed by atoms with van der Waals surface area (Å²) in [5, 5.41) is 9.12. The van der Waals surface area contributed by atoms with Crippen LogP contribution in [0.25, 0.3) is 15.9 Å². The number of carbonyl (C=O) groups is 1. The number of hydrogen-bond donors (Lipinski definition) is 1. The van der Waals surface area contributed by atoms with Crippen molar-refractivity contribution in [3.8, 4) is 0 Å². The molecule has 0 spiro atoms. The molecule has 1 saturated heterocycles. The number of rotatable bonds is 5. The number of thiophene rings is 1. The molecule has 5 rings (SSSR count). The first kappa shape index (κ1) is 22.1. The summed E-state index contributed by atoms with van der Waals surface area (Å²) in [5.41, 5.74) is 1.72. The van der Waals surface area contributed by atoms with Gasteiger partial charge < -0.3 is 9.88 Å². The zero-order valence-corrected chi connectivity index (χ0v) is 20.5. The summed E-state index contributed by atoms with van der Waals surface area (Å²) in [6.45, 7) is 7.29. The van der Waals surface area contributed by atoms with Gasteiger partial charge in [0.05, 0.1) is 16.4 Å². The number of carbonyl (C=O) groups excluding carboxylic acids is 1. The van der Waals surface area contributed by atoms with Gasteiger partial charge in [0.25, 0.3) is 5.56 Å². The van der Waals surface area contributed by atoms with E-state index in [0.29, 0.717) is 23.5 Å². The van der Waals surface area contributed by atoms with Gasteiger partial charge in [-0.3, -0.25) is 14.0 Å². The molecule has 1 aliphatic heterocycles. The van der Waals surface area contributed by atoms with E-state index in [1.54, 1.807) is 11.3 Å². The van der Waals surface area contributed by atoms with Crippen LogP contribution in [-0.2, 0) is 10.5 Å². The number of H-pyrrole nitrogens is 1. The first-order valence-corrected chi connectivity index (χ1v) is 13.0. The summed E-state index contributed by atoms with van der Waals surface area (Å²) in [7, 11) is 0. The molecule has 4 aromatic rings. The van der Waals surface area contributed by atoms with Crippen molar-refractivity contribution in [3.63, 3.8) is 0 Å². The fourth-order valence-electron chi connectivity index (χ4n) is 4.43. The van der Waals surface area contributed by atoms with Crippen molar-refractivity contribution in [2.45, 2.75) is 50.5 Å². The van der Waals surface area contributed by atoms with Crippen LogP contribution in [0.2, 0.25) is 0 Å². The summed E-state index contributed by atoms with van der Waals surface area (Å²) in [4.78, 5) is 37.1. The number of aromatic nitrogens is 5. The highest BCUT2D eigenvalue weighted by molar-refractivity contribution is 7.99. The largest absolute Gasteiger partial charge is 0.341 e. The van der Waals surface area contributed by atoms with Crippen molar-refractivity contribution in [2.75, 3.05) is 13.1 Å². The standard InChI is InChI=1S/C23H26N6O2S2/c1-13-14(2)33-22-19(13)21(30)24-17(25-22)12-32-15(3)23(31)28-9-6-7-16(11-28)20-27-26-18-8-4-5-10-29(18)20/h4-5,8,10,15-16H,6-7,9,11-12H2,1-3H3,(H,24,25,30). The van der Waals surface area contributed by atoms with E-state index in [0.717, 1.165) is 46.1 Å². The number of piperidine rings is 1. The van der Waals surface area contributed by atoms with Gasteiger partial charge in [-0.05, 0) is 51.3 Å². The lowest BCUT2D eigenvalue weighted by molar-refractivity contribution is -0.131. The van der Waals surface area contributed by atoms with Crippen LogP contribution in [0.4, 0.5) is 0 Å². The van der Waals surface area contributed by atoms with Crippen LogP contribution in [0.5, 0.6) is 0 Å². The van der Waals surface area contributed by atoms with Crippen LogP contribution in [0, 0.1) is 13.8 Å². The van der Waals surface area contributed by atoms with Crippen molar-refractivity contribution in [1.29, 1.82) is 0 Å². The summed E-state index contributed by atoms with van der Waals surface area (Å²) < 4.78 is 2.02. The maximum absolute atomic E-state index is 13.2. The molecule has 33 heavy (non-hydrogen) atoms. The van der Waals surface area contributed by atoms with E-state index in [2.05, 4.69) is 20.2 Å². The SMILES string of the molecule is Cc1sc2nc(CSC(C)C(=O)N3CCCC(c4nnc5ccccn45)C3)[nH]c(=O)c2c1C. The van der Waals surface area contributed by atoms with E-state index in [1.807, 2.05) is 54.5 Å². The molecule has 1 N–H and O–H groups in total. The number of fused-ring (bicyclic) bond motifs is 2. The normalized spacial score (nSPS) is 17.7. The average molecular weight is 483 g/mol. The lowest BCUT2D eigenvalue weighted by Crippen LogP contribution is -2.43. The smallest absolute Gasteiger partial charge is 0.259 e. The minimum atomic E-state index is -0.230. The number of amides is 1. The summed E-state index contributed by atoms with van der Waals surface area (Å²) >= 11 is 3.05. The molecule has 0 aromatic carbocycles. The maximum atomic E-state index is 13.2. The van der Waals surface area contributed by atoms with Crippen molar-refractivity contribution in [3.05, 3.63) is 56.8 Å². The molecule has 0 bridgehead atoms. The van der Waals surface area contributed by atoms with Crippen molar-refractivity contribution in [1.82, 2.24) is 29.5 Å². The number of aryl methyl sites for hydroxylation is 2. The molecule has 5 heterocycles. The van der Waals surface area contributed by atoms with Gasteiger partial charge in [0.1, 0.15) is 16.5 Å². The quantitative estimate of drug-likeness (QED) is 0.466. The van der Waals surface area contributed by atoms with E-state index in [4.69, 9.17) is 0 Å². The monoisotopic (exact) mass is 482 g/mol. The third-order valence-electron chi connectivity index (χ3n) is 6.34. The van der Waals surface area contributed by atoms with E-state index in [9.17, 15) is 9.59 Å². The number of nitrogens with one attached hydrogen (secondary N) is 1. The van der Waals surface area contributed by atoms with Crippen LogP contribution < -0.4 is 5.56 Å². The lowest BCUT2D eigenvalue weighted by Gasteiger charge is -2.33. The van der Waals surface area contributed by atoms with Crippen molar-refractivity contribution >= 4 is 44.9 Å². The third-order valence-corrected chi connectivity index (χ3v) is 8.59. The highest BCUT2D eigenvalue weighted by Crippen LogP contribution is 2.29. The Morgan fingerprint density at radius 2 is 2.18 bits per heavy atom. The number of thioether (sulfide) groups is 1. The molecule has 8 nitrogen and oxygen atoms in total. The molecule has 2 unspecified atom stereocenters. The molecule has 1 amide bonds. The molecular formula is C23H26N6O2S2. The van der Waals surface area contributed by atoms with Gasteiger partial charge in [0.2, 0.25) is 5.91 Å². The number of pyridine rings is 1. The van der Waals surface area contributed by atoms with E-state index >= 15 is 0 Å². The molecule has 0 aliphatic carbocycles. The van der Waals surface area contributed by atoms with Gasteiger partial charge in [-0.25, -0.2) is 4.98 Å². The van der Waals surface area contributed by atoms with Gasteiger partial charge in [0, 0.05) is 30.1 Å². The minimum Gasteiger partial charge on any atom is -0.341 e. The molecular weight excluding hydrogens is 456 g/mol. The Morgan fingerprint density at radius 3 is 3.03 bits per heavy atom. The van der Waals surface area contributed by atoms with Gasteiger partial charge in [-0.1, -0.05) is 6.07 Å². The maximum Gasteiger partial charge on any atom is 0.259 e. The highest BCUT2D eigenvalue weighted by atomic mass is 32.2. The Balaban J connectivity index is 1.26. The molecule has 10 heteroatoms. The Bertz CT molecular complexity index is 1390. The number of hydrogen-bond acceptors (Lipinski definition) is 7. The van der Waals surface area contributed by atoms with Gasteiger partial charge in [-0.2, -0.15) is 0 Å². The molecule has 172 valence electrons. The highest BCUT2D eigenvalue weighted by Gasteiger charge is 2.30. The van der Waals surface area contributed by atoms with E-state index in [1.165, 1.54) is 11.8 Å². The predicted octanol–water partition coefficient (Wildman–Crippen LogP) is 3.67. The molecule has 1 fully saturated rings. The van der Waals surface area contributed by atoms with Crippen molar-refractivity contribution < 1.29 is 4.79 Å². The van der Waals surface area contributed by atoms with E-state index in [-0.39, 0.29) is 22.6 Å². The van der Waals surface area contributed by atoms with E-state index < -0.39 is 0 Å². The zero-order valence-electron chi connectivity index (χ0n) is 18.9. The van der Waals surface area contributed by atoms with Gasteiger partial charge in [0.15, 0.2) is 5.65 Å². The van der Waals surface area contributed by atoms with Crippen LogP contribution in [0.1, 0.15) is 47.8 Å². The summed E-state index contributed by atoms with van der Waals surface area (Å²) in [6, 6.07) is 5.86. The Hall–Kier alpha value is -2.72. The molecule has 0 radical (unpaired) electrons. The van der Waals surface area contributed by atoms with Crippen LogP contribution in [0.3, 0.4) is 0 Å². The Morgan fingerprint density at radius 1 is 1.33 bits per heavy atom. The molecule has 4 aromatic heterocycles. The molecule has 1 aliphatic rings. The fourth-order valence-corrected chi connectivity index (χ4v) is 6.31. The topological polar surface area (TPSA) is 96.2 Å². The number of likely N-dealkylation sites (tertiary alicyclic amines) is 1. The lowest BCUT2D eigenvalue weighted by atomic mass is 9.97. The number of aromatic amines is 1. The zero-order chi connectivity index (χ0) is 23.1. The second-order valence-corrected chi connectivity index (χ2v) is 11.1. The summed E-state index contributed by atoms with van der Waals surface area (Å²) in [6.07, 6.45) is 3.91. The second kappa shape index (κ2) is 8.90. The first-order valence-electron chi connectivity index (χ1n) is 11.1. The van der Waals surface area contributed by atoms with Gasteiger partial charge >= 0.3 is 0 Å². The summed E-state index contributed by atoms with van der Waals surface area (Å²) in [5.74, 6) is 2.30. The first-order chi connectivity index (χ1) is 15.9. The Labute approximate surface area is 199 Å². The molecule has 0 saturated carbocycles. The fraction of sp³-hybridized carbons (Fsp3) is 0.435. The van der Waals surface area contributed by atoms with Crippen molar-refractivity contribution in [2.24, 2.45) is 0 Å².